The summed E-state index contributed by atoms with van der Waals surface area (Å²) >= 11 is 3.42. The average Bonchev–Trinajstić information content (AvgIpc) is 2.41. The first-order valence-corrected chi connectivity index (χ1v) is 6.41. The molecule has 0 aromatic heterocycles. The van der Waals surface area contributed by atoms with E-state index in [0.29, 0.717) is 13.0 Å². The Bertz CT molecular complexity index is 560. The summed E-state index contributed by atoms with van der Waals surface area (Å²) < 4.78 is 6.64. The van der Waals surface area contributed by atoms with Gasteiger partial charge in [-0.2, -0.15) is 5.26 Å². The lowest BCUT2D eigenvalue weighted by atomic mass is 10.1. The Kier molecular flexibility index (Phi) is 4.38. The third-order valence-electron chi connectivity index (χ3n) is 2.54. The topological polar surface area (TPSA) is 33.0 Å². The molecule has 0 saturated carbocycles. The van der Waals surface area contributed by atoms with Crippen LogP contribution in [0.3, 0.4) is 0 Å². The first-order valence-electron chi connectivity index (χ1n) is 5.61. The molecule has 0 spiro atoms. The van der Waals surface area contributed by atoms with Gasteiger partial charge in [-0.15, -0.1) is 0 Å². The fourth-order valence-corrected chi connectivity index (χ4v) is 1.99. The Morgan fingerprint density at radius 1 is 1.11 bits per heavy atom. The molecule has 0 fully saturated rings. The molecule has 0 aliphatic carbocycles. The van der Waals surface area contributed by atoms with Crippen LogP contribution in [0.2, 0.25) is 0 Å². The number of halogens is 1. The second-order valence-corrected chi connectivity index (χ2v) is 4.72. The number of hydrogen-bond donors (Lipinski definition) is 0. The molecule has 0 bridgehead atoms. The number of nitrogens with zero attached hydrogens (tertiary/aromatic N) is 1. The Balaban J connectivity index is 2.06. The smallest absolute Gasteiger partial charge is 0.120 e. The number of hydrogen-bond acceptors (Lipinski definition) is 2. The fraction of sp³-hybridized carbons (Fsp3) is 0.133. The fourth-order valence-electron chi connectivity index (χ4n) is 1.60. The minimum Gasteiger partial charge on any atom is -0.489 e. The molecular formula is C15H12BrNO. The van der Waals surface area contributed by atoms with Gasteiger partial charge < -0.3 is 4.74 Å². The van der Waals surface area contributed by atoms with Crippen molar-refractivity contribution in [1.29, 1.82) is 5.26 Å². The van der Waals surface area contributed by atoms with E-state index < -0.39 is 0 Å². The summed E-state index contributed by atoms with van der Waals surface area (Å²) in [6.45, 7) is 0.536. The van der Waals surface area contributed by atoms with E-state index in [9.17, 15) is 0 Å². The van der Waals surface area contributed by atoms with Crippen molar-refractivity contribution in [3.63, 3.8) is 0 Å². The lowest BCUT2D eigenvalue weighted by molar-refractivity contribution is 0.306. The second kappa shape index (κ2) is 6.23. The summed E-state index contributed by atoms with van der Waals surface area (Å²) in [5.74, 6) is 0.785. The van der Waals surface area contributed by atoms with Crippen molar-refractivity contribution in [3.8, 4) is 11.8 Å². The molecule has 0 atom stereocenters. The van der Waals surface area contributed by atoms with Gasteiger partial charge >= 0.3 is 0 Å². The predicted octanol–water partition coefficient (Wildman–Crippen LogP) is 4.09. The highest BCUT2D eigenvalue weighted by atomic mass is 79.9. The Morgan fingerprint density at radius 3 is 2.61 bits per heavy atom. The molecule has 0 aliphatic rings. The van der Waals surface area contributed by atoms with Crippen molar-refractivity contribution in [1.82, 2.24) is 0 Å². The maximum atomic E-state index is 8.73. The summed E-state index contributed by atoms with van der Waals surface area (Å²) in [5, 5.41) is 8.73. The number of nitriles is 1. The molecule has 2 rings (SSSR count). The van der Waals surface area contributed by atoms with Crippen molar-refractivity contribution >= 4 is 15.9 Å². The maximum absolute atomic E-state index is 8.73. The van der Waals surface area contributed by atoms with E-state index in [4.69, 9.17) is 10.00 Å². The molecule has 0 amide bonds. The van der Waals surface area contributed by atoms with E-state index >= 15 is 0 Å². The van der Waals surface area contributed by atoms with E-state index in [-0.39, 0.29) is 0 Å². The van der Waals surface area contributed by atoms with Crippen LogP contribution in [0, 0.1) is 11.3 Å². The molecule has 0 saturated heterocycles. The minimum atomic E-state index is 0.378. The van der Waals surface area contributed by atoms with Gasteiger partial charge in [-0.3, -0.25) is 0 Å². The molecule has 2 aromatic rings. The molecule has 0 radical (unpaired) electrons. The minimum absolute atomic E-state index is 0.378. The average molecular weight is 302 g/mol. The van der Waals surface area contributed by atoms with E-state index in [1.165, 1.54) is 0 Å². The monoisotopic (exact) mass is 301 g/mol. The lowest BCUT2D eigenvalue weighted by Crippen LogP contribution is -1.96. The highest BCUT2D eigenvalue weighted by molar-refractivity contribution is 9.10. The number of rotatable bonds is 4. The molecule has 0 N–H and O–H groups in total. The van der Waals surface area contributed by atoms with Gasteiger partial charge in [-0.1, -0.05) is 46.3 Å². The highest BCUT2D eigenvalue weighted by Crippen LogP contribution is 2.23. The molecule has 18 heavy (non-hydrogen) atoms. The van der Waals surface area contributed by atoms with Crippen molar-refractivity contribution in [2.24, 2.45) is 0 Å². The van der Waals surface area contributed by atoms with E-state index in [0.717, 1.165) is 21.3 Å². The van der Waals surface area contributed by atoms with Crippen LogP contribution in [0.4, 0.5) is 0 Å². The van der Waals surface area contributed by atoms with Gasteiger partial charge in [-0.25, -0.2) is 0 Å². The summed E-state index contributed by atoms with van der Waals surface area (Å²) in [4.78, 5) is 0. The van der Waals surface area contributed by atoms with E-state index in [1.54, 1.807) is 0 Å². The van der Waals surface area contributed by atoms with Gasteiger partial charge in [0.15, 0.2) is 0 Å². The molecular weight excluding hydrogens is 290 g/mol. The zero-order chi connectivity index (χ0) is 12.8. The first kappa shape index (κ1) is 12.7. The SMILES string of the molecule is N#CCc1cc(OCc2ccccc2)ccc1Br. The van der Waals surface area contributed by atoms with Crippen LogP contribution >= 0.6 is 15.9 Å². The van der Waals surface area contributed by atoms with Crippen LogP contribution in [-0.2, 0) is 13.0 Å². The predicted molar refractivity (Wildman–Crippen MR) is 74.2 cm³/mol. The Morgan fingerprint density at radius 2 is 1.89 bits per heavy atom. The molecule has 0 heterocycles. The van der Waals surface area contributed by atoms with Crippen molar-refractivity contribution < 1.29 is 4.74 Å². The van der Waals surface area contributed by atoms with Gasteiger partial charge in [0, 0.05) is 4.47 Å². The zero-order valence-electron chi connectivity index (χ0n) is 9.77. The van der Waals surface area contributed by atoms with Crippen LogP contribution in [0.1, 0.15) is 11.1 Å². The van der Waals surface area contributed by atoms with E-state index in [1.807, 2.05) is 48.5 Å². The second-order valence-electron chi connectivity index (χ2n) is 3.86. The molecule has 2 nitrogen and oxygen atoms in total. The summed E-state index contributed by atoms with van der Waals surface area (Å²) in [7, 11) is 0. The quantitative estimate of drug-likeness (QED) is 0.852. The molecule has 2 aromatic carbocycles. The summed E-state index contributed by atoms with van der Waals surface area (Å²) in [5.41, 5.74) is 2.07. The Labute approximate surface area is 115 Å². The third-order valence-corrected chi connectivity index (χ3v) is 3.31. The zero-order valence-corrected chi connectivity index (χ0v) is 11.4. The highest BCUT2D eigenvalue weighted by Gasteiger charge is 2.02. The number of ether oxygens (including phenoxy) is 1. The van der Waals surface area contributed by atoms with Gasteiger partial charge in [0.05, 0.1) is 12.5 Å². The van der Waals surface area contributed by atoms with Crippen LogP contribution < -0.4 is 4.74 Å². The van der Waals surface area contributed by atoms with E-state index in [2.05, 4.69) is 22.0 Å². The molecule has 3 heteroatoms. The van der Waals surface area contributed by atoms with Crippen LogP contribution in [0.25, 0.3) is 0 Å². The van der Waals surface area contributed by atoms with Crippen molar-refractivity contribution in [3.05, 3.63) is 64.1 Å². The molecule has 0 aliphatic heterocycles. The maximum Gasteiger partial charge on any atom is 0.120 e. The lowest BCUT2D eigenvalue weighted by Gasteiger charge is -2.08. The summed E-state index contributed by atoms with van der Waals surface area (Å²) in [6, 6.07) is 17.8. The normalized spacial score (nSPS) is 9.78. The number of benzene rings is 2. The van der Waals surface area contributed by atoms with Crippen LogP contribution in [-0.4, -0.2) is 0 Å². The van der Waals surface area contributed by atoms with Gasteiger partial charge in [0.1, 0.15) is 12.4 Å². The summed E-state index contributed by atoms with van der Waals surface area (Å²) in [6.07, 6.45) is 0.378. The molecule has 0 unspecified atom stereocenters. The Hall–Kier alpha value is -1.79. The van der Waals surface area contributed by atoms with Crippen molar-refractivity contribution in [2.45, 2.75) is 13.0 Å². The third kappa shape index (κ3) is 3.35. The van der Waals surface area contributed by atoms with Gasteiger partial charge in [0.2, 0.25) is 0 Å². The van der Waals surface area contributed by atoms with Gasteiger partial charge in [0.25, 0.3) is 0 Å². The van der Waals surface area contributed by atoms with Crippen molar-refractivity contribution in [2.75, 3.05) is 0 Å². The van der Waals surface area contributed by atoms with Gasteiger partial charge in [-0.05, 0) is 29.3 Å². The van der Waals surface area contributed by atoms with Crippen LogP contribution in [0.5, 0.6) is 5.75 Å². The first-order chi connectivity index (χ1) is 8.79. The molecule has 90 valence electrons. The van der Waals surface area contributed by atoms with Crippen LogP contribution in [0.15, 0.2) is 53.0 Å². The standard InChI is InChI=1S/C15H12BrNO/c16-15-7-6-14(10-13(15)8-9-17)18-11-12-4-2-1-3-5-12/h1-7,10H,8,11H2. The largest absolute Gasteiger partial charge is 0.489 e.